The molecule has 0 aromatic carbocycles. The lowest BCUT2D eigenvalue weighted by Gasteiger charge is -2.29. The summed E-state index contributed by atoms with van der Waals surface area (Å²) in [4.78, 5) is 11.8. The summed E-state index contributed by atoms with van der Waals surface area (Å²) in [7, 11) is 0. The molecule has 0 heterocycles. The summed E-state index contributed by atoms with van der Waals surface area (Å²) in [6, 6.07) is 0.0202. The van der Waals surface area contributed by atoms with E-state index in [4.69, 9.17) is 0 Å². The molecule has 0 aromatic heterocycles. The Bertz CT molecular complexity index is 224. The number of rotatable bonds is 2. The summed E-state index contributed by atoms with van der Waals surface area (Å²) in [5.41, 5.74) is 0. The van der Waals surface area contributed by atoms with Crippen molar-refractivity contribution in [1.82, 2.24) is 5.32 Å². The first-order chi connectivity index (χ1) is 7.27. The van der Waals surface area contributed by atoms with E-state index in [9.17, 15) is 9.90 Å². The molecule has 2 aliphatic rings. The van der Waals surface area contributed by atoms with Crippen molar-refractivity contribution in [2.24, 2.45) is 5.92 Å². The second-order valence-electron chi connectivity index (χ2n) is 4.95. The molecular weight excluding hydrogens is 190 g/mol. The highest BCUT2D eigenvalue weighted by Gasteiger charge is 2.28. The van der Waals surface area contributed by atoms with E-state index in [1.807, 2.05) is 0 Å². The number of nitrogens with one attached hydrogen (secondary N) is 1. The minimum Gasteiger partial charge on any atom is -0.391 e. The normalized spacial score (nSPS) is 32.9. The van der Waals surface area contributed by atoms with Crippen molar-refractivity contribution in [3.8, 4) is 0 Å². The number of amides is 1. The van der Waals surface area contributed by atoms with Gasteiger partial charge in [0, 0.05) is 5.92 Å². The smallest absolute Gasteiger partial charge is 0.223 e. The number of carbonyl (C=O) groups is 1. The maximum absolute atomic E-state index is 11.8. The molecule has 15 heavy (non-hydrogen) atoms. The lowest BCUT2D eigenvalue weighted by atomic mass is 9.92. The van der Waals surface area contributed by atoms with Crippen molar-refractivity contribution < 1.29 is 9.90 Å². The van der Waals surface area contributed by atoms with Gasteiger partial charge < -0.3 is 10.4 Å². The maximum atomic E-state index is 11.8. The largest absolute Gasteiger partial charge is 0.391 e. The first kappa shape index (κ1) is 10.9. The Morgan fingerprint density at radius 3 is 2.27 bits per heavy atom. The maximum Gasteiger partial charge on any atom is 0.223 e. The number of hydrogen-bond acceptors (Lipinski definition) is 2. The molecule has 0 aliphatic heterocycles. The van der Waals surface area contributed by atoms with Crippen LogP contribution in [0.25, 0.3) is 0 Å². The van der Waals surface area contributed by atoms with E-state index in [0.29, 0.717) is 0 Å². The van der Waals surface area contributed by atoms with Crippen molar-refractivity contribution in [2.75, 3.05) is 0 Å². The van der Waals surface area contributed by atoms with Crippen LogP contribution in [0.2, 0.25) is 0 Å². The quantitative estimate of drug-likeness (QED) is 0.729. The third kappa shape index (κ3) is 2.71. The number of aliphatic hydroxyl groups excluding tert-OH is 1. The third-order valence-corrected chi connectivity index (χ3v) is 3.78. The Balaban J connectivity index is 1.81. The molecule has 2 rings (SSSR count). The molecule has 2 N–H and O–H groups in total. The van der Waals surface area contributed by atoms with E-state index in [0.717, 1.165) is 38.5 Å². The zero-order valence-corrected chi connectivity index (χ0v) is 9.24. The van der Waals surface area contributed by atoms with Crippen LogP contribution >= 0.6 is 0 Å². The SMILES string of the molecule is O=C(N[C@@H]1CCCC[C@H]1O)C1CCCC1. The van der Waals surface area contributed by atoms with Gasteiger partial charge in [0.25, 0.3) is 0 Å². The van der Waals surface area contributed by atoms with Gasteiger partial charge in [0.2, 0.25) is 5.91 Å². The van der Waals surface area contributed by atoms with E-state index < -0.39 is 0 Å². The first-order valence-corrected chi connectivity index (χ1v) is 6.26. The molecule has 2 saturated carbocycles. The lowest BCUT2D eigenvalue weighted by molar-refractivity contribution is -0.126. The van der Waals surface area contributed by atoms with Gasteiger partial charge in [-0.15, -0.1) is 0 Å². The molecule has 1 amide bonds. The second kappa shape index (κ2) is 4.97. The van der Waals surface area contributed by atoms with E-state index in [-0.39, 0.29) is 24.0 Å². The van der Waals surface area contributed by atoms with Crippen molar-refractivity contribution in [3.05, 3.63) is 0 Å². The van der Waals surface area contributed by atoms with Crippen LogP contribution in [-0.4, -0.2) is 23.2 Å². The molecule has 2 aliphatic carbocycles. The summed E-state index contributed by atoms with van der Waals surface area (Å²) in [5.74, 6) is 0.401. The molecule has 3 nitrogen and oxygen atoms in total. The molecule has 0 radical (unpaired) electrons. The molecule has 2 fully saturated rings. The summed E-state index contributed by atoms with van der Waals surface area (Å²) >= 11 is 0. The van der Waals surface area contributed by atoms with Gasteiger partial charge in [0.05, 0.1) is 12.1 Å². The van der Waals surface area contributed by atoms with E-state index >= 15 is 0 Å². The van der Waals surface area contributed by atoms with Crippen molar-refractivity contribution in [2.45, 2.75) is 63.5 Å². The average Bonchev–Trinajstić information content (AvgIpc) is 2.74. The fourth-order valence-electron chi connectivity index (χ4n) is 2.77. The summed E-state index contributed by atoms with van der Waals surface area (Å²) in [5, 5.41) is 12.8. The lowest BCUT2D eigenvalue weighted by Crippen LogP contribution is -2.46. The zero-order valence-electron chi connectivity index (χ0n) is 9.24. The standard InChI is InChI=1S/C12H21NO2/c14-11-8-4-3-7-10(11)13-12(15)9-5-1-2-6-9/h9-11,14H,1-8H2,(H,13,15)/t10-,11-/m1/s1. The molecule has 0 bridgehead atoms. The van der Waals surface area contributed by atoms with Crippen molar-refractivity contribution >= 4 is 5.91 Å². The van der Waals surface area contributed by atoms with Gasteiger partial charge in [-0.25, -0.2) is 0 Å². The fourth-order valence-corrected chi connectivity index (χ4v) is 2.77. The molecule has 0 unspecified atom stereocenters. The summed E-state index contributed by atoms with van der Waals surface area (Å²) in [6.45, 7) is 0. The molecule has 86 valence electrons. The van der Waals surface area contributed by atoms with Gasteiger partial charge >= 0.3 is 0 Å². The van der Waals surface area contributed by atoms with Crippen molar-refractivity contribution in [1.29, 1.82) is 0 Å². The van der Waals surface area contributed by atoms with Crippen LogP contribution in [0.1, 0.15) is 51.4 Å². The minimum absolute atomic E-state index is 0.0202. The third-order valence-electron chi connectivity index (χ3n) is 3.78. The van der Waals surface area contributed by atoms with Crippen molar-refractivity contribution in [3.63, 3.8) is 0 Å². The highest BCUT2D eigenvalue weighted by Crippen LogP contribution is 2.26. The molecule has 0 spiro atoms. The van der Waals surface area contributed by atoms with Gasteiger partial charge in [-0.1, -0.05) is 25.7 Å². The minimum atomic E-state index is -0.316. The Labute approximate surface area is 91.2 Å². The molecule has 0 aromatic rings. The highest BCUT2D eigenvalue weighted by atomic mass is 16.3. The zero-order chi connectivity index (χ0) is 10.7. The van der Waals surface area contributed by atoms with E-state index in [1.54, 1.807) is 0 Å². The Kier molecular flexibility index (Phi) is 3.62. The van der Waals surface area contributed by atoms with Crippen LogP contribution in [0.5, 0.6) is 0 Å². The van der Waals surface area contributed by atoms with Crippen LogP contribution < -0.4 is 5.32 Å². The Hall–Kier alpha value is -0.570. The Morgan fingerprint density at radius 2 is 1.60 bits per heavy atom. The average molecular weight is 211 g/mol. The van der Waals surface area contributed by atoms with Gasteiger partial charge in [-0.2, -0.15) is 0 Å². The molecule has 0 saturated heterocycles. The van der Waals surface area contributed by atoms with Crippen LogP contribution in [0.15, 0.2) is 0 Å². The van der Waals surface area contributed by atoms with E-state index in [1.165, 1.54) is 12.8 Å². The predicted octanol–water partition coefficient (Wildman–Crippen LogP) is 1.60. The number of carbonyl (C=O) groups excluding carboxylic acids is 1. The molecule has 2 atom stereocenters. The summed E-state index contributed by atoms with van der Waals surface area (Å²) in [6.07, 6.45) is 8.14. The highest BCUT2D eigenvalue weighted by molar-refractivity contribution is 5.79. The van der Waals surface area contributed by atoms with Crippen LogP contribution in [0.3, 0.4) is 0 Å². The Morgan fingerprint density at radius 1 is 1.00 bits per heavy atom. The number of aliphatic hydroxyl groups is 1. The summed E-state index contributed by atoms with van der Waals surface area (Å²) < 4.78 is 0. The van der Waals surface area contributed by atoms with Gasteiger partial charge in [0.1, 0.15) is 0 Å². The van der Waals surface area contributed by atoms with Crippen LogP contribution in [0, 0.1) is 5.92 Å². The monoisotopic (exact) mass is 211 g/mol. The topological polar surface area (TPSA) is 49.3 Å². The van der Waals surface area contributed by atoms with E-state index in [2.05, 4.69) is 5.32 Å². The molecule has 3 heteroatoms. The predicted molar refractivity (Wildman–Crippen MR) is 58.4 cm³/mol. The van der Waals surface area contributed by atoms with Gasteiger partial charge in [-0.05, 0) is 25.7 Å². The van der Waals surface area contributed by atoms with Gasteiger partial charge in [0.15, 0.2) is 0 Å². The molecular formula is C12H21NO2. The van der Waals surface area contributed by atoms with Gasteiger partial charge in [-0.3, -0.25) is 4.79 Å². The van der Waals surface area contributed by atoms with Crippen LogP contribution in [-0.2, 0) is 4.79 Å². The number of hydrogen-bond donors (Lipinski definition) is 2. The first-order valence-electron chi connectivity index (χ1n) is 6.26. The second-order valence-corrected chi connectivity index (χ2v) is 4.95. The fraction of sp³-hybridized carbons (Fsp3) is 0.917. The van der Waals surface area contributed by atoms with Crippen LogP contribution in [0.4, 0.5) is 0 Å².